The van der Waals surface area contributed by atoms with E-state index >= 15 is 0 Å². The molecule has 0 atom stereocenters. The molecule has 30 heavy (non-hydrogen) atoms. The summed E-state index contributed by atoms with van der Waals surface area (Å²) >= 11 is 0. The Morgan fingerprint density at radius 3 is 2.27 bits per heavy atom. The van der Waals surface area contributed by atoms with Crippen molar-refractivity contribution in [2.45, 2.75) is 6.42 Å². The number of carbonyl (C=O) groups is 2. The smallest absolute Gasteiger partial charge is 0.343 e. The van der Waals surface area contributed by atoms with Crippen molar-refractivity contribution in [3.05, 3.63) is 106 Å². The number of benzene rings is 3. The van der Waals surface area contributed by atoms with Crippen LogP contribution in [0.25, 0.3) is 0 Å². The van der Waals surface area contributed by atoms with Crippen LogP contribution >= 0.6 is 0 Å². The Balaban J connectivity index is 1.51. The summed E-state index contributed by atoms with van der Waals surface area (Å²) < 4.78 is 5.24. The van der Waals surface area contributed by atoms with E-state index in [4.69, 9.17) is 4.74 Å². The van der Waals surface area contributed by atoms with Crippen molar-refractivity contribution in [3.8, 4) is 5.75 Å². The lowest BCUT2D eigenvalue weighted by Gasteiger charge is -2.04. The Morgan fingerprint density at radius 1 is 0.967 bits per heavy atom. The maximum absolute atomic E-state index is 12.1. The van der Waals surface area contributed by atoms with Gasteiger partial charge in [0.15, 0.2) is 0 Å². The van der Waals surface area contributed by atoms with Crippen molar-refractivity contribution < 1.29 is 19.2 Å². The number of hydrazone groups is 1. The van der Waals surface area contributed by atoms with Crippen LogP contribution in [-0.2, 0) is 11.2 Å². The molecular weight excluding hydrogens is 386 g/mol. The van der Waals surface area contributed by atoms with Crippen molar-refractivity contribution in [1.29, 1.82) is 0 Å². The fourth-order valence-corrected chi connectivity index (χ4v) is 2.51. The van der Waals surface area contributed by atoms with E-state index in [9.17, 15) is 19.7 Å². The van der Waals surface area contributed by atoms with Gasteiger partial charge in [-0.2, -0.15) is 5.10 Å². The van der Waals surface area contributed by atoms with Crippen molar-refractivity contribution in [3.63, 3.8) is 0 Å². The van der Waals surface area contributed by atoms with Gasteiger partial charge in [0.25, 0.3) is 5.69 Å². The number of non-ortho nitro benzene ring substituents is 1. The van der Waals surface area contributed by atoms with E-state index in [1.165, 1.54) is 30.5 Å². The largest absolute Gasteiger partial charge is 0.423 e. The van der Waals surface area contributed by atoms with E-state index in [1.807, 2.05) is 30.3 Å². The monoisotopic (exact) mass is 403 g/mol. The first-order valence-corrected chi connectivity index (χ1v) is 8.94. The SMILES string of the molecule is O=C(Cc1ccccc1)N/N=C/c1ccc(OC(=O)c2ccc([N+](=O)[O-])cc2)cc1. The molecular formula is C22H17N3O5. The minimum absolute atomic E-state index is 0.106. The molecule has 0 radical (unpaired) electrons. The first-order chi connectivity index (χ1) is 14.5. The highest BCUT2D eigenvalue weighted by molar-refractivity contribution is 5.91. The van der Waals surface area contributed by atoms with Crippen molar-refractivity contribution in [2.24, 2.45) is 5.10 Å². The molecule has 1 N–H and O–H groups in total. The third kappa shape index (κ3) is 5.83. The lowest BCUT2D eigenvalue weighted by molar-refractivity contribution is -0.384. The fraction of sp³-hybridized carbons (Fsp3) is 0.0455. The van der Waals surface area contributed by atoms with Crippen LogP contribution < -0.4 is 10.2 Å². The molecule has 0 heterocycles. The molecule has 0 aliphatic carbocycles. The molecule has 3 aromatic carbocycles. The molecule has 0 bridgehead atoms. The van der Waals surface area contributed by atoms with Gasteiger partial charge in [-0.3, -0.25) is 14.9 Å². The quantitative estimate of drug-likeness (QED) is 0.213. The van der Waals surface area contributed by atoms with Gasteiger partial charge in [-0.15, -0.1) is 0 Å². The summed E-state index contributed by atoms with van der Waals surface area (Å²) in [5, 5.41) is 14.6. The van der Waals surface area contributed by atoms with Crippen molar-refractivity contribution >= 4 is 23.8 Å². The third-order valence-corrected chi connectivity index (χ3v) is 4.01. The number of nitro groups is 1. The molecule has 3 rings (SSSR count). The summed E-state index contributed by atoms with van der Waals surface area (Å²) in [6.07, 6.45) is 1.71. The Hall–Kier alpha value is -4.33. The van der Waals surface area contributed by atoms with Crippen LogP contribution in [0.1, 0.15) is 21.5 Å². The molecule has 0 aromatic heterocycles. The van der Waals surface area contributed by atoms with Gasteiger partial charge in [-0.25, -0.2) is 10.2 Å². The zero-order chi connectivity index (χ0) is 21.3. The molecule has 0 aliphatic heterocycles. The topological polar surface area (TPSA) is 111 Å². The fourth-order valence-electron chi connectivity index (χ4n) is 2.51. The number of rotatable bonds is 7. The van der Waals surface area contributed by atoms with Gasteiger partial charge < -0.3 is 4.74 Å². The van der Waals surface area contributed by atoms with Crippen LogP contribution in [0.5, 0.6) is 5.75 Å². The average Bonchev–Trinajstić information content (AvgIpc) is 2.75. The highest BCUT2D eigenvalue weighted by atomic mass is 16.6. The highest BCUT2D eigenvalue weighted by Crippen LogP contribution is 2.16. The zero-order valence-electron chi connectivity index (χ0n) is 15.7. The van der Waals surface area contributed by atoms with Gasteiger partial charge in [0.1, 0.15) is 5.75 Å². The van der Waals surface area contributed by atoms with Gasteiger partial charge in [0.2, 0.25) is 5.91 Å². The lowest BCUT2D eigenvalue weighted by Crippen LogP contribution is -2.19. The molecule has 3 aromatic rings. The van der Waals surface area contributed by atoms with E-state index in [0.29, 0.717) is 11.3 Å². The number of nitrogens with one attached hydrogen (secondary N) is 1. The second-order valence-corrected chi connectivity index (χ2v) is 6.22. The minimum Gasteiger partial charge on any atom is -0.423 e. The molecule has 0 saturated heterocycles. The summed E-state index contributed by atoms with van der Waals surface area (Å²) in [4.78, 5) is 34.1. The van der Waals surface area contributed by atoms with Gasteiger partial charge in [-0.05, 0) is 47.5 Å². The summed E-state index contributed by atoms with van der Waals surface area (Å²) in [7, 11) is 0. The van der Waals surface area contributed by atoms with E-state index in [-0.39, 0.29) is 23.6 Å². The molecule has 1 amide bonds. The maximum atomic E-state index is 12.1. The third-order valence-electron chi connectivity index (χ3n) is 4.01. The first kappa shape index (κ1) is 20.4. The summed E-state index contributed by atoms with van der Waals surface area (Å²) in [6, 6.07) is 21.0. The molecule has 0 fully saturated rings. The Morgan fingerprint density at radius 2 is 1.63 bits per heavy atom. The van der Waals surface area contributed by atoms with Crippen molar-refractivity contribution in [2.75, 3.05) is 0 Å². The second-order valence-electron chi connectivity index (χ2n) is 6.22. The standard InChI is InChI=1S/C22H17N3O5/c26-21(14-16-4-2-1-3-5-16)24-23-15-17-6-12-20(13-7-17)30-22(27)18-8-10-19(11-9-18)25(28)29/h1-13,15H,14H2,(H,24,26)/b23-15+. The van der Waals surface area contributed by atoms with E-state index in [1.54, 1.807) is 24.3 Å². The molecule has 8 heteroatoms. The van der Waals surface area contributed by atoms with E-state index in [0.717, 1.165) is 5.56 Å². The second kappa shape index (κ2) is 9.74. The Kier molecular flexibility index (Phi) is 6.63. The predicted octanol–water partition coefficient (Wildman–Crippen LogP) is 3.51. The van der Waals surface area contributed by atoms with Gasteiger partial charge in [0.05, 0.1) is 23.1 Å². The number of nitro benzene ring substituents is 1. The Bertz CT molecular complexity index is 1060. The molecule has 0 saturated carbocycles. The van der Waals surface area contributed by atoms with Gasteiger partial charge >= 0.3 is 5.97 Å². The Labute approximate surface area is 172 Å². The highest BCUT2D eigenvalue weighted by Gasteiger charge is 2.11. The zero-order valence-corrected chi connectivity index (χ0v) is 15.7. The number of amides is 1. The molecule has 0 aliphatic rings. The van der Waals surface area contributed by atoms with Crippen LogP contribution in [0, 0.1) is 10.1 Å². The summed E-state index contributed by atoms with van der Waals surface area (Å²) in [5.41, 5.74) is 4.15. The van der Waals surface area contributed by atoms with Crippen molar-refractivity contribution in [1.82, 2.24) is 5.43 Å². The number of carbonyl (C=O) groups excluding carboxylic acids is 2. The normalized spacial score (nSPS) is 10.5. The lowest BCUT2D eigenvalue weighted by atomic mass is 10.1. The van der Waals surface area contributed by atoms with Crippen LogP contribution in [0.4, 0.5) is 5.69 Å². The minimum atomic E-state index is -0.625. The van der Waals surface area contributed by atoms with E-state index in [2.05, 4.69) is 10.5 Å². The van der Waals surface area contributed by atoms with Gasteiger partial charge in [-0.1, -0.05) is 30.3 Å². The number of hydrogen-bond acceptors (Lipinski definition) is 6. The van der Waals surface area contributed by atoms with Crippen LogP contribution in [0.15, 0.2) is 84.0 Å². The maximum Gasteiger partial charge on any atom is 0.343 e. The molecule has 0 spiro atoms. The predicted molar refractivity (Wildman–Crippen MR) is 110 cm³/mol. The molecule has 0 unspecified atom stereocenters. The number of esters is 1. The van der Waals surface area contributed by atoms with Crippen LogP contribution in [0.3, 0.4) is 0 Å². The summed E-state index contributed by atoms with van der Waals surface area (Å²) in [5.74, 6) is -0.547. The van der Waals surface area contributed by atoms with Crippen LogP contribution in [0.2, 0.25) is 0 Å². The number of hydrogen-bond donors (Lipinski definition) is 1. The number of nitrogens with zero attached hydrogens (tertiary/aromatic N) is 2. The average molecular weight is 403 g/mol. The molecule has 8 nitrogen and oxygen atoms in total. The molecule has 150 valence electrons. The first-order valence-electron chi connectivity index (χ1n) is 8.94. The van der Waals surface area contributed by atoms with E-state index < -0.39 is 10.9 Å². The number of ether oxygens (including phenoxy) is 1. The summed E-state index contributed by atoms with van der Waals surface area (Å²) in [6.45, 7) is 0. The van der Waals surface area contributed by atoms with Gasteiger partial charge in [0, 0.05) is 12.1 Å². The van der Waals surface area contributed by atoms with Crippen LogP contribution in [-0.4, -0.2) is 23.0 Å².